The summed E-state index contributed by atoms with van der Waals surface area (Å²) >= 11 is 1.52. The molecular weight excluding hydrogens is 194 g/mol. The zero-order chi connectivity index (χ0) is 9.38. The van der Waals surface area contributed by atoms with Gasteiger partial charge in [-0.15, -0.1) is 11.3 Å². The van der Waals surface area contributed by atoms with Crippen molar-refractivity contribution in [2.24, 2.45) is 0 Å². The predicted molar refractivity (Wildman–Crippen MR) is 56.0 cm³/mol. The summed E-state index contributed by atoms with van der Waals surface area (Å²) in [6.07, 6.45) is 3.39. The molecule has 0 unspecified atom stereocenters. The minimum Gasteiger partial charge on any atom is -0.345 e. The Morgan fingerprint density at radius 2 is 2.29 bits per heavy atom. The Morgan fingerprint density at radius 1 is 1.29 bits per heavy atom. The van der Waals surface area contributed by atoms with Crippen LogP contribution in [-0.2, 0) is 0 Å². The molecule has 67 valence electrons. The van der Waals surface area contributed by atoms with Crippen LogP contribution in [-0.4, -0.2) is 15.0 Å². The van der Waals surface area contributed by atoms with Crippen LogP contribution in [0.15, 0.2) is 30.7 Å². The normalized spacial score (nSPS) is 10.9. The zero-order valence-electron chi connectivity index (χ0n) is 7.19. The Morgan fingerprint density at radius 3 is 3.14 bits per heavy atom. The maximum Gasteiger partial charge on any atom is 0.123 e. The van der Waals surface area contributed by atoms with E-state index in [0.717, 1.165) is 21.6 Å². The van der Waals surface area contributed by atoms with Crippen molar-refractivity contribution in [2.45, 2.75) is 0 Å². The Hall–Kier alpha value is -1.68. The fourth-order valence-corrected chi connectivity index (χ4v) is 1.96. The van der Waals surface area contributed by atoms with Crippen LogP contribution in [0.2, 0.25) is 0 Å². The van der Waals surface area contributed by atoms with Crippen LogP contribution in [0.5, 0.6) is 0 Å². The highest BCUT2D eigenvalue weighted by atomic mass is 32.1. The lowest BCUT2D eigenvalue weighted by Gasteiger charge is -1.94. The third-order valence-electron chi connectivity index (χ3n) is 2.06. The molecule has 0 spiro atoms. The molecule has 0 fully saturated rings. The summed E-state index contributed by atoms with van der Waals surface area (Å²) in [6, 6.07) is 6.06. The van der Waals surface area contributed by atoms with Crippen molar-refractivity contribution in [3.63, 3.8) is 0 Å². The van der Waals surface area contributed by atoms with E-state index in [4.69, 9.17) is 0 Å². The average Bonchev–Trinajstić information content (AvgIpc) is 2.88. The summed E-state index contributed by atoms with van der Waals surface area (Å²) < 4.78 is 0. The number of aromatic amines is 1. The third-order valence-corrected chi connectivity index (χ3v) is 2.82. The van der Waals surface area contributed by atoms with Gasteiger partial charge in [-0.05, 0) is 18.2 Å². The summed E-state index contributed by atoms with van der Waals surface area (Å²) in [4.78, 5) is 11.4. The minimum absolute atomic E-state index is 0.981. The summed E-state index contributed by atoms with van der Waals surface area (Å²) in [5, 5.41) is 3.96. The average molecular weight is 200 g/mol. The fraction of sp³-hybridized carbons (Fsp3) is 0. The highest BCUT2D eigenvalue weighted by Gasteiger charge is 2.02. The second kappa shape index (κ2) is 2.92. The highest BCUT2D eigenvalue weighted by molar-refractivity contribution is 7.12. The molecule has 1 radical (unpaired) electrons. The van der Waals surface area contributed by atoms with Gasteiger partial charge in [-0.1, -0.05) is 0 Å². The number of nitrogens with one attached hydrogen (secondary N) is 1. The maximum atomic E-state index is 4.21. The molecule has 2 aromatic heterocycles. The molecule has 1 aromatic carbocycles. The maximum absolute atomic E-state index is 4.21. The molecule has 0 aliphatic heterocycles. The molecule has 1 N–H and O–H groups in total. The smallest absolute Gasteiger partial charge is 0.123 e. The zero-order valence-corrected chi connectivity index (χ0v) is 8.01. The monoisotopic (exact) mass is 200 g/mol. The number of imidazole rings is 1. The van der Waals surface area contributed by atoms with Crippen molar-refractivity contribution in [3.05, 3.63) is 36.1 Å². The van der Waals surface area contributed by atoms with E-state index in [0.29, 0.717) is 0 Å². The van der Waals surface area contributed by atoms with Crippen LogP contribution < -0.4 is 0 Å². The molecule has 3 nitrogen and oxygen atoms in total. The van der Waals surface area contributed by atoms with E-state index >= 15 is 0 Å². The number of nitrogens with zero attached hydrogens (tertiary/aromatic N) is 2. The third kappa shape index (κ3) is 1.12. The van der Waals surface area contributed by atoms with Crippen LogP contribution in [0.25, 0.3) is 21.6 Å². The summed E-state index contributed by atoms with van der Waals surface area (Å²) in [6.45, 7) is 0. The Bertz CT molecular complexity index is 554. The molecule has 0 atom stereocenters. The number of rotatable bonds is 1. The fourth-order valence-electron chi connectivity index (χ4n) is 1.40. The number of thiazole rings is 1. The van der Waals surface area contributed by atoms with Gasteiger partial charge >= 0.3 is 0 Å². The topological polar surface area (TPSA) is 41.6 Å². The number of benzene rings is 1. The van der Waals surface area contributed by atoms with E-state index in [9.17, 15) is 0 Å². The predicted octanol–water partition coefficient (Wildman–Crippen LogP) is 2.49. The standard InChI is InChI=1S/C10H6N3S/c1-2-8-9(13-6-12-8)5-7(1)10-11-3-4-14-10/h1-3,5-6H,(H,12,13). The van der Waals surface area contributed by atoms with E-state index in [1.165, 1.54) is 11.3 Å². The second-order valence-electron chi connectivity index (χ2n) is 2.92. The summed E-state index contributed by atoms with van der Waals surface area (Å²) in [5.41, 5.74) is 3.12. The van der Waals surface area contributed by atoms with Crippen LogP contribution in [0.1, 0.15) is 0 Å². The molecule has 0 saturated heterocycles. The molecule has 3 rings (SSSR count). The number of hydrogen-bond donors (Lipinski definition) is 1. The molecule has 0 aliphatic rings. The van der Waals surface area contributed by atoms with E-state index in [-0.39, 0.29) is 0 Å². The number of hydrogen-bond acceptors (Lipinski definition) is 3. The number of fused-ring (bicyclic) bond motifs is 1. The van der Waals surface area contributed by atoms with Crippen molar-refractivity contribution in [1.29, 1.82) is 0 Å². The van der Waals surface area contributed by atoms with Crippen molar-refractivity contribution < 1.29 is 0 Å². The van der Waals surface area contributed by atoms with Gasteiger partial charge in [0.2, 0.25) is 0 Å². The first-order valence-electron chi connectivity index (χ1n) is 4.19. The van der Waals surface area contributed by atoms with Gasteiger partial charge in [0.25, 0.3) is 0 Å². The molecule has 0 amide bonds. The van der Waals surface area contributed by atoms with E-state index < -0.39 is 0 Å². The van der Waals surface area contributed by atoms with Gasteiger partial charge in [0, 0.05) is 11.8 Å². The van der Waals surface area contributed by atoms with Crippen LogP contribution >= 0.6 is 11.3 Å². The molecule has 0 bridgehead atoms. The first kappa shape index (κ1) is 7.70. The largest absolute Gasteiger partial charge is 0.345 e. The second-order valence-corrected chi connectivity index (χ2v) is 3.74. The lowest BCUT2D eigenvalue weighted by atomic mass is 10.2. The van der Waals surface area contributed by atoms with Gasteiger partial charge in [-0.25, -0.2) is 9.97 Å². The summed E-state index contributed by atoms with van der Waals surface area (Å²) in [5.74, 6) is 0. The van der Waals surface area contributed by atoms with E-state index in [2.05, 4.69) is 26.4 Å². The Balaban J connectivity index is 2.23. The molecule has 14 heavy (non-hydrogen) atoms. The Kier molecular flexibility index (Phi) is 1.61. The Labute approximate surface area is 84.5 Å². The van der Waals surface area contributed by atoms with E-state index in [1.807, 2.05) is 12.1 Å². The van der Waals surface area contributed by atoms with Crippen molar-refractivity contribution in [3.8, 4) is 10.6 Å². The molecule has 0 aliphatic carbocycles. The van der Waals surface area contributed by atoms with Crippen molar-refractivity contribution in [1.82, 2.24) is 15.0 Å². The summed E-state index contributed by atoms with van der Waals surface area (Å²) in [7, 11) is 0. The van der Waals surface area contributed by atoms with Crippen molar-refractivity contribution in [2.75, 3.05) is 0 Å². The van der Waals surface area contributed by atoms with Crippen LogP contribution in [0, 0.1) is 5.38 Å². The quantitative estimate of drug-likeness (QED) is 0.655. The van der Waals surface area contributed by atoms with Gasteiger partial charge in [0.05, 0.1) is 22.7 Å². The SMILES string of the molecule is [c]1cnc(-c2ccc3nc[nH]c3c2)s1. The van der Waals surface area contributed by atoms with Gasteiger partial charge < -0.3 is 4.98 Å². The number of aromatic nitrogens is 3. The molecule has 0 saturated carbocycles. The van der Waals surface area contributed by atoms with Crippen LogP contribution in [0.4, 0.5) is 0 Å². The van der Waals surface area contributed by atoms with Gasteiger partial charge in [-0.3, -0.25) is 0 Å². The highest BCUT2D eigenvalue weighted by Crippen LogP contribution is 2.23. The van der Waals surface area contributed by atoms with Gasteiger partial charge in [0.1, 0.15) is 5.01 Å². The van der Waals surface area contributed by atoms with Crippen molar-refractivity contribution >= 4 is 22.4 Å². The minimum atomic E-state index is 0.981. The molecule has 3 aromatic rings. The van der Waals surface area contributed by atoms with Crippen LogP contribution in [0.3, 0.4) is 0 Å². The molecular formula is C10H6N3S. The number of H-pyrrole nitrogens is 1. The van der Waals surface area contributed by atoms with E-state index in [1.54, 1.807) is 12.5 Å². The first-order chi connectivity index (χ1) is 6.93. The van der Waals surface area contributed by atoms with Gasteiger partial charge in [-0.2, -0.15) is 0 Å². The molecule has 4 heteroatoms. The van der Waals surface area contributed by atoms with Gasteiger partial charge in [0.15, 0.2) is 0 Å². The lowest BCUT2D eigenvalue weighted by Crippen LogP contribution is -1.76. The molecule has 2 heterocycles. The first-order valence-corrected chi connectivity index (χ1v) is 5.00. The lowest BCUT2D eigenvalue weighted by molar-refractivity contribution is 1.34.